The summed E-state index contributed by atoms with van der Waals surface area (Å²) in [6.07, 6.45) is -0.00665. The molecular weight excluding hydrogens is 246 g/mol. The van der Waals surface area contributed by atoms with Gasteiger partial charge in [-0.3, -0.25) is 0 Å². The molecule has 94 valence electrons. The van der Waals surface area contributed by atoms with E-state index < -0.39 is 11.6 Å². The minimum absolute atomic E-state index is 0.00665. The van der Waals surface area contributed by atoms with E-state index in [9.17, 15) is 8.78 Å². The summed E-state index contributed by atoms with van der Waals surface area (Å²) >= 11 is 4.96. The molecule has 0 bridgehead atoms. The number of nitrogens with one attached hydrogen (secondary N) is 2. The average Bonchev–Trinajstić information content (AvgIpc) is 2.29. The Hall–Kier alpha value is -1.27. The van der Waals surface area contributed by atoms with Gasteiger partial charge in [-0.05, 0) is 31.3 Å². The van der Waals surface area contributed by atoms with Gasteiger partial charge in [0.2, 0.25) is 0 Å². The number of rotatable bonds is 4. The molecule has 0 aliphatic carbocycles. The topological polar surface area (TPSA) is 33.3 Å². The maximum atomic E-state index is 13.3. The van der Waals surface area contributed by atoms with Gasteiger partial charge in [0, 0.05) is 19.7 Å². The fraction of sp³-hybridized carbons (Fsp3) is 0.364. The van der Waals surface area contributed by atoms with Crippen molar-refractivity contribution in [1.82, 2.24) is 5.32 Å². The molecule has 0 aliphatic heterocycles. The summed E-state index contributed by atoms with van der Waals surface area (Å²) in [6, 6.07) is 3.24. The Morgan fingerprint density at radius 2 is 2.18 bits per heavy atom. The monoisotopic (exact) mass is 260 g/mol. The van der Waals surface area contributed by atoms with Gasteiger partial charge >= 0.3 is 0 Å². The summed E-state index contributed by atoms with van der Waals surface area (Å²) in [5, 5.41) is 5.76. The van der Waals surface area contributed by atoms with E-state index in [1.807, 2.05) is 6.92 Å². The first kappa shape index (κ1) is 13.8. The Morgan fingerprint density at radius 3 is 2.76 bits per heavy atom. The highest BCUT2D eigenvalue weighted by Crippen LogP contribution is 2.14. The number of ether oxygens (including phenoxy) is 1. The van der Waals surface area contributed by atoms with Crippen LogP contribution in [0.2, 0.25) is 0 Å². The summed E-state index contributed by atoms with van der Waals surface area (Å²) in [4.78, 5) is 0. The molecule has 6 heteroatoms. The van der Waals surface area contributed by atoms with Gasteiger partial charge in [0.25, 0.3) is 0 Å². The van der Waals surface area contributed by atoms with E-state index in [1.165, 1.54) is 6.07 Å². The summed E-state index contributed by atoms with van der Waals surface area (Å²) in [6.45, 7) is 2.37. The highest BCUT2D eigenvalue weighted by molar-refractivity contribution is 7.80. The fourth-order valence-electron chi connectivity index (χ4n) is 1.08. The Bertz CT molecular complexity index is 401. The van der Waals surface area contributed by atoms with Gasteiger partial charge in [-0.1, -0.05) is 0 Å². The predicted molar refractivity (Wildman–Crippen MR) is 67.1 cm³/mol. The van der Waals surface area contributed by atoms with E-state index in [2.05, 4.69) is 10.6 Å². The largest absolute Gasteiger partial charge is 0.380 e. The van der Waals surface area contributed by atoms with Crippen molar-refractivity contribution < 1.29 is 13.5 Å². The van der Waals surface area contributed by atoms with Crippen molar-refractivity contribution in [3.8, 4) is 0 Å². The SMILES string of the molecule is COC(C)CNC(=S)Nc1ccc(F)cc1F. The minimum atomic E-state index is -0.686. The zero-order valence-electron chi connectivity index (χ0n) is 9.59. The molecule has 1 aromatic rings. The van der Waals surface area contributed by atoms with Crippen LogP contribution in [0.5, 0.6) is 0 Å². The lowest BCUT2D eigenvalue weighted by atomic mass is 10.3. The molecular formula is C11H14F2N2OS. The van der Waals surface area contributed by atoms with Gasteiger partial charge < -0.3 is 15.4 Å². The van der Waals surface area contributed by atoms with Crippen LogP contribution in [0.1, 0.15) is 6.92 Å². The predicted octanol–water partition coefficient (Wildman–Crippen LogP) is 2.29. The quantitative estimate of drug-likeness (QED) is 0.814. The Kier molecular flexibility index (Phi) is 5.24. The first-order chi connectivity index (χ1) is 8.02. The first-order valence-corrected chi connectivity index (χ1v) is 5.46. The van der Waals surface area contributed by atoms with E-state index in [4.69, 9.17) is 17.0 Å². The molecule has 0 radical (unpaired) electrons. The van der Waals surface area contributed by atoms with Crippen LogP contribution in [0.25, 0.3) is 0 Å². The molecule has 1 unspecified atom stereocenters. The zero-order valence-corrected chi connectivity index (χ0v) is 10.4. The maximum absolute atomic E-state index is 13.3. The van der Waals surface area contributed by atoms with Crippen LogP contribution in [0.15, 0.2) is 18.2 Å². The molecule has 0 heterocycles. The Morgan fingerprint density at radius 1 is 1.47 bits per heavy atom. The molecule has 0 saturated heterocycles. The third-order valence-corrected chi connectivity index (χ3v) is 2.38. The molecule has 3 nitrogen and oxygen atoms in total. The van der Waals surface area contributed by atoms with Crippen LogP contribution >= 0.6 is 12.2 Å². The Balaban J connectivity index is 2.50. The van der Waals surface area contributed by atoms with Crippen molar-refractivity contribution in [2.24, 2.45) is 0 Å². The molecule has 1 rings (SSSR count). The molecule has 0 saturated carbocycles. The second-order valence-corrected chi connectivity index (χ2v) is 3.91. The van der Waals surface area contributed by atoms with E-state index in [0.717, 1.165) is 12.1 Å². The van der Waals surface area contributed by atoms with Gasteiger partial charge in [0.05, 0.1) is 11.8 Å². The molecule has 17 heavy (non-hydrogen) atoms. The van der Waals surface area contributed by atoms with Gasteiger partial charge in [0.15, 0.2) is 5.11 Å². The van der Waals surface area contributed by atoms with Crippen LogP contribution in [-0.2, 0) is 4.74 Å². The van der Waals surface area contributed by atoms with Crippen molar-refractivity contribution in [3.05, 3.63) is 29.8 Å². The molecule has 1 atom stereocenters. The second-order valence-electron chi connectivity index (χ2n) is 3.51. The number of methoxy groups -OCH3 is 1. The van der Waals surface area contributed by atoms with Gasteiger partial charge in [-0.15, -0.1) is 0 Å². The summed E-state index contributed by atoms with van der Waals surface area (Å²) < 4.78 is 30.9. The molecule has 0 amide bonds. The van der Waals surface area contributed by atoms with Crippen LogP contribution in [0, 0.1) is 11.6 Å². The van der Waals surface area contributed by atoms with Crippen molar-refractivity contribution in [1.29, 1.82) is 0 Å². The smallest absolute Gasteiger partial charge is 0.170 e. The maximum Gasteiger partial charge on any atom is 0.170 e. The molecule has 2 N–H and O–H groups in total. The lowest BCUT2D eigenvalue weighted by Crippen LogP contribution is -2.34. The Labute approximate surface area is 104 Å². The normalized spacial score (nSPS) is 12.0. The minimum Gasteiger partial charge on any atom is -0.380 e. The number of benzene rings is 1. The lowest BCUT2D eigenvalue weighted by molar-refractivity contribution is 0.121. The summed E-state index contributed by atoms with van der Waals surface area (Å²) in [5.74, 6) is -1.31. The van der Waals surface area contributed by atoms with Crippen LogP contribution < -0.4 is 10.6 Å². The summed E-state index contributed by atoms with van der Waals surface area (Å²) in [7, 11) is 1.59. The van der Waals surface area contributed by atoms with Crippen molar-refractivity contribution in [3.63, 3.8) is 0 Å². The van der Waals surface area contributed by atoms with Crippen molar-refractivity contribution >= 4 is 23.0 Å². The van der Waals surface area contributed by atoms with E-state index in [1.54, 1.807) is 7.11 Å². The molecule has 1 aromatic carbocycles. The van der Waals surface area contributed by atoms with E-state index >= 15 is 0 Å². The fourth-order valence-corrected chi connectivity index (χ4v) is 1.27. The number of thiocarbonyl (C=S) groups is 1. The number of hydrogen-bond acceptors (Lipinski definition) is 2. The zero-order chi connectivity index (χ0) is 12.8. The highest BCUT2D eigenvalue weighted by atomic mass is 32.1. The lowest BCUT2D eigenvalue weighted by Gasteiger charge is -2.14. The van der Waals surface area contributed by atoms with Crippen LogP contribution in [0.4, 0.5) is 14.5 Å². The highest BCUT2D eigenvalue weighted by Gasteiger charge is 2.06. The van der Waals surface area contributed by atoms with Crippen LogP contribution in [0.3, 0.4) is 0 Å². The van der Waals surface area contributed by atoms with Crippen LogP contribution in [-0.4, -0.2) is 24.9 Å². The summed E-state index contributed by atoms with van der Waals surface area (Å²) in [5.41, 5.74) is 0.133. The average molecular weight is 260 g/mol. The van der Waals surface area contributed by atoms with E-state index in [-0.39, 0.29) is 16.9 Å². The van der Waals surface area contributed by atoms with Crippen molar-refractivity contribution in [2.75, 3.05) is 19.0 Å². The standard InChI is InChI=1S/C11H14F2N2OS/c1-7(16-2)6-14-11(17)15-10-4-3-8(12)5-9(10)13/h3-5,7H,6H2,1-2H3,(H2,14,15,17). The van der Waals surface area contributed by atoms with Gasteiger partial charge in [-0.25, -0.2) is 8.78 Å². The number of halogens is 2. The first-order valence-electron chi connectivity index (χ1n) is 5.05. The molecule has 0 aliphatic rings. The van der Waals surface area contributed by atoms with Gasteiger partial charge in [0.1, 0.15) is 11.6 Å². The molecule has 0 fully saturated rings. The molecule has 0 spiro atoms. The van der Waals surface area contributed by atoms with Crippen molar-refractivity contribution in [2.45, 2.75) is 13.0 Å². The number of hydrogen-bond donors (Lipinski definition) is 2. The molecule has 0 aromatic heterocycles. The van der Waals surface area contributed by atoms with Gasteiger partial charge in [-0.2, -0.15) is 0 Å². The second kappa shape index (κ2) is 6.46. The third kappa shape index (κ3) is 4.62. The number of anilines is 1. The third-order valence-electron chi connectivity index (χ3n) is 2.13. The van der Waals surface area contributed by atoms with E-state index in [0.29, 0.717) is 6.54 Å².